The van der Waals surface area contributed by atoms with Crippen LogP contribution in [0.3, 0.4) is 0 Å². The number of anilines is 1. The van der Waals surface area contributed by atoms with E-state index in [4.69, 9.17) is 0 Å². The first-order valence-corrected chi connectivity index (χ1v) is 11.9. The highest BCUT2D eigenvalue weighted by molar-refractivity contribution is 5.94. The lowest BCUT2D eigenvalue weighted by Gasteiger charge is -2.39. The fraction of sp³-hybridized carbons (Fsp3) is 0.310. The number of fused-ring (bicyclic) bond motifs is 2. The summed E-state index contributed by atoms with van der Waals surface area (Å²) in [5, 5.41) is 12.8. The molecule has 33 heavy (non-hydrogen) atoms. The Morgan fingerprint density at radius 3 is 2.21 bits per heavy atom. The standard InChI is InChI=1S/C29H30N4/c1-21-12-16-25(17-13-21)32-29(31-20-30)33-18-6-9-24(19-33)28-26-10-4-2-7-22(26)14-15-23-8-3-5-11-27(23)28/h2-5,7-8,10-13,16-17,24,28H,6,9,14-15,18-19H2,1H3,(H,31,32). The van der Waals surface area contributed by atoms with E-state index in [9.17, 15) is 5.26 Å². The Balaban J connectivity index is 1.46. The van der Waals surface area contributed by atoms with Gasteiger partial charge in [-0.1, -0.05) is 66.2 Å². The summed E-state index contributed by atoms with van der Waals surface area (Å²) in [6, 6.07) is 26.2. The highest BCUT2D eigenvalue weighted by Gasteiger charge is 2.34. The van der Waals surface area contributed by atoms with E-state index in [0.717, 1.165) is 38.0 Å². The van der Waals surface area contributed by atoms with Gasteiger partial charge in [-0.2, -0.15) is 5.26 Å². The summed E-state index contributed by atoms with van der Waals surface area (Å²) in [7, 11) is 0. The number of nitriles is 1. The molecule has 4 heteroatoms. The van der Waals surface area contributed by atoms with Crippen LogP contribution < -0.4 is 5.32 Å². The van der Waals surface area contributed by atoms with Crippen molar-refractivity contribution in [2.24, 2.45) is 10.9 Å². The molecule has 4 nitrogen and oxygen atoms in total. The lowest BCUT2D eigenvalue weighted by Crippen LogP contribution is -2.44. The molecule has 0 radical (unpaired) electrons. The summed E-state index contributed by atoms with van der Waals surface area (Å²) in [6.45, 7) is 3.87. The van der Waals surface area contributed by atoms with Gasteiger partial charge in [0, 0.05) is 24.7 Å². The van der Waals surface area contributed by atoms with Crippen LogP contribution in [0, 0.1) is 24.3 Å². The third-order valence-electron chi connectivity index (χ3n) is 7.14. The van der Waals surface area contributed by atoms with Gasteiger partial charge in [0.05, 0.1) is 0 Å². The third kappa shape index (κ3) is 4.50. The molecule has 1 aliphatic carbocycles. The molecule has 0 spiro atoms. The minimum absolute atomic E-state index is 0.366. The van der Waals surface area contributed by atoms with Crippen LogP contribution >= 0.6 is 0 Å². The molecule has 5 rings (SSSR count). The number of hydrogen-bond donors (Lipinski definition) is 1. The van der Waals surface area contributed by atoms with Crippen LogP contribution in [0.5, 0.6) is 0 Å². The Bertz CT molecular complexity index is 1140. The predicted octanol–water partition coefficient (Wildman–Crippen LogP) is 5.89. The highest BCUT2D eigenvalue weighted by Crippen LogP contribution is 2.42. The third-order valence-corrected chi connectivity index (χ3v) is 7.14. The van der Waals surface area contributed by atoms with Crippen LogP contribution in [0.15, 0.2) is 77.8 Å². The number of hydrogen-bond acceptors (Lipinski definition) is 2. The first-order chi connectivity index (χ1) is 16.2. The van der Waals surface area contributed by atoms with E-state index in [-0.39, 0.29) is 0 Å². The number of benzene rings is 3. The second-order valence-electron chi connectivity index (χ2n) is 9.25. The summed E-state index contributed by atoms with van der Waals surface area (Å²) in [4.78, 5) is 6.46. The van der Waals surface area contributed by atoms with Crippen LogP contribution in [0.4, 0.5) is 5.69 Å². The summed E-state index contributed by atoms with van der Waals surface area (Å²) in [5.74, 6) is 1.48. The van der Waals surface area contributed by atoms with Crippen molar-refractivity contribution in [3.8, 4) is 6.19 Å². The molecule has 166 valence electrons. The zero-order valence-corrected chi connectivity index (χ0v) is 19.2. The Labute approximate surface area is 196 Å². The SMILES string of the molecule is Cc1ccc(NC(=NC#N)N2CCCC(C3c4ccccc4CCc4ccccc43)C2)cc1. The summed E-state index contributed by atoms with van der Waals surface area (Å²) in [6.07, 6.45) is 6.47. The maximum atomic E-state index is 9.40. The van der Waals surface area contributed by atoms with E-state index in [2.05, 4.69) is 82.8 Å². The van der Waals surface area contributed by atoms with Gasteiger partial charge in [0.2, 0.25) is 12.2 Å². The monoisotopic (exact) mass is 434 g/mol. The van der Waals surface area contributed by atoms with Gasteiger partial charge in [0.1, 0.15) is 0 Å². The van der Waals surface area contributed by atoms with E-state index < -0.39 is 0 Å². The van der Waals surface area contributed by atoms with Crippen LogP contribution in [0.25, 0.3) is 0 Å². The van der Waals surface area contributed by atoms with E-state index in [1.54, 1.807) is 0 Å². The first kappa shape index (κ1) is 21.3. The largest absolute Gasteiger partial charge is 0.341 e. The second-order valence-corrected chi connectivity index (χ2v) is 9.25. The molecule has 1 saturated heterocycles. The molecule has 2 aliphatic rings. The molecular formula is C29H30N4. The Kier molecular flexibility index (Phi) is 6.13. The Morgan fingerprint density at radius 2 is 1.58 bits per heavy atom. The van der Waals surface area contributed by atoms with Gasteiger partial charge < -0.3 is 10.2 Å². The van der Waals surface area contributed by atoms with Crippen molar-refractivity contribution in [3.63, 3.8) is 0 Å². The molecular weight excluding hydrogens is 404 g/mol. The maximum Gasteiger partial charge on any atom is 0.214 e. The molecule has 3 aromatic rings. The first-order valence-electron chi connectivity index (χ1n) is 11.9. The number of aliphatic imine (C=N–C) groups is 1. The summed E-state index contributed by atoms with van der Waals surface area (Å²) < 4.78 is 0. The number of guanidine groups is 1. The molecule has 1 heterocycles. The average Bonchev–Trinajstić information content (AvgIpc) is 3.02. The van der Waals surface area contributed by atoms with Gasteiger partial charge in [0.15, 0.2) is 0 Å². The highest BCUT2D eigenvalue weighted by atomic mass is 15.3. The van der Waals surface area contributed by atoms with Gasteiger partial charge >= 0.3 is 0 Å². The fourth-order valence-electron chi connectivity index (χ4n) is 5.54. The maximum absolute atomic E-state index is 9.40. The van der Waals surface area contributed by atoms with Crippen molar-refractivity contribution >= 4 is 11.6 Å². The van der Waals surface area contributed by atoms with Crippen molar-refractivity contribution < 1.29 is 0 Å². The number of nitrogens with one attached hydrogen (secondary N) is 1. The molecule has 0 amide bonds. The minimum atomic E-state index is 0.366. The molecule has 0 saturated carbocycles. The lowest BCUT2D eigenvalue weighted by molar-refractivity contribution is 0.240. The van der Waals surface area contributed by atoms with Gasteiger partial charge in [-0.05, 0) is 72.9 Å². The second kappa shape index (κ2) is 9.50. The fourth-order valence-corrected chi connectivity index (χ4v) is 5.54. The van der Waals surface area contributed by atoms with E-state index in [0.29, 0.717) is 17.8 Å². The quantitative estimate of drug-likeness (QED) is 0.311. The van der Waals surface area contributed by atoms with Crippen molar-refractivity contribution in [2.45, 2.75) is 38.5 Å². The van der Waals surface area contributed by atoms with Gasteiger partial charge in [-0.15, -0.1) is 4.99 Å². The molecule has 1 atom stereocenters. The zero-order chi connectivity index (χ0) is 22.6. The Morgan fingerprint density at radius 1 is 0.939 bits per heavy atom. The van der Waals surface area contributed by atoms with Crippen LogP contribution in [0.1, 0.15) is 46.6 Å². The van der Waals surface area contributed by atoms with E-state index in [1.807, 2.05) is 18.3 Å². The van der Waals surface area contributed by atoms with Crippen molar-refractivity contribution in [2.75, 3.05) is 18.4 Å². The minimum Gasteiger partial charge on any atom is -0.341 e. The van der Waals surface area contributed by atoms with Crippen LogP contribution in [0.2, 0.25) is 0 Å². The van der Waals surface area contributed by atoms with Crippen molar-refractivity contribution in [3.05, 3.63) is 101 Å². The van der Waals surface area contributed by atoms with Crippen LogP contribution in [-0.2, 0) is 12.8 Å². The molecule has 3 aromatic carbocycles. The molecule has 0 aromatic heterocycles. The average molecular weight is 435 g/mol. The summed E-state index contributed by atoms with van der Waals surface area (Å²) in [5.41, 5.74) is 8.06. The Hall–Kier alpha value is -3.58. The van der Waals surface area contributed by atoms with E-state index >= 15 is 0 Å². The smallest absolute Gasteiger partial charge is 0.214 e. The number of nitrogens with zero attached hydrogens (tertiary/aromatic N) is 3. The van der Waals surface area contributed by atoms with Gasteiger partial charge in [0.25, 0.3) is 0 Å². The van der Waals surface area contributed by atoms with Gasteiger partial charge in [-0.3, -0.25) is 0 Å². The normalized spacial score (nSPS) is 18.6. The molecule has 0 bridgehead atoms. The number of rotatable bonds is 2. The van der Waals surface area contributed by atoms with Gasteiger partial charge in [-0.25, -0.2) is 0 Å². The topological polar surface area (TPSA) is 51.4 Å². The molecule has 1 aliphatic heterocycles. The number of piperidine rings is 1. The molecule has 1 unspecified atom stereocenters. The number of likely N-dealkylation sites (tertiary alicyclic amines) is 1. The zero-order valence-electron chi connectivity index (χ0n) is 19.2. The van der Waals surface area contributed by atoms with Crippen LogP contribution in [-0.4, -0.2) is 23.9 Å². The predicted molar refractivity (Wildman–Crippen MR) is 134 cm³/mol. The van der Waals surface area contributed by atoms with Crippen molar-refractivity contribution in [1.82, 2.24) is 4.90 Å². The lowest BCUT2D eigenvalue weighted by atomic mass is 9.75. The number of aryl methyl sites for hydroxylation is 3. The molecule has 1 fully saturated rings. The van der Waals surface area contributed by atoms with E-state index in [1.165, 1.54) is 34.2 Å². The van der Waals surface area contributed by atoms with Crippen molar-refractivity contribution in [1.29, 1.82) is 5.26 Å². The molecule has 1 N–H and O–H groups in total. The summed E-state index contributed by atoms with van der Waals surface area (Å²) >= 11 is 0.